The number of nitrogens with zero attached hydrogens (tertiary/aromatic N) is 4. The maximum absolute atomic E-state index is 14.5. The highest BCUT2D eigenvalue weighted by molar-refractivity contribution is 5.89. The molecule has 1 atom stereocenters. The van der Waals surface area contributed by atoms with Crippen LogP contribution in [0.5, 0.6) is 0 Å². The van der Waals surface area contributed by atoms with E-state index in [0.29, 0.717) is 28.5 Å². The second kappa shape index (κ2) is 5.66. The van der Waals surface area contributed by atoms with Crippen molar-refractivity contribution in [3.8, 4) is 5.69 Å². The summed E-state index contributed by atoms with van der Waals surface area (Å²) in [5.41, 5.74) is 0.185. The fourth-order valence-electron chi connectivity index (χ4n) is 3.31. The maximum atomic E-state index is 14.5. The van der Waals surface area contributed by atoms with Gasteiger partial charge in [0.1, 0.15) is 29.3 Å². The van der Waals surface area contributed by atoms with E-state index in [1.807, 2.05) is 0 Å². The Balaban J connectivity index is 2.07. The lowest BCUT2D eigenvalue weighted by Gasteiger charge is -2.25. The van der Waals surface area contributed by atoms with Gasteiger partial charge in [0, 0.05) is 17.3 Å². The van der Waals surface area contributed by atoms with E-state index < -0.39 is 17.2 Å². The highest BCUT2D eigenvalue weighted by Crippen LogP contribution is 2.39. The largest absolute Gasteiger partial charge is 0.298 e. The smallest absolute Gasteiger partial charge is 0.170 e. The van der Waals surface area contributed by atoms with Gasteiger partial charge in [-0.15, -0.1) is 10.2 Å². The van der Waals surface area contributed by atoms with Crippen molar-refractivity contribution < 1.29 is 13.6 Å². The molecule has 0 aliphatic carbocycles. The summed E-state index contributed by atoms with van der Waals surface area (Å²) in [6.45, 7) is 3.34. The number of hydrogen-bond acceptors (Lipinski definition) is 4. The van der Waals surface area contributed by atoms with Gasteiger partial charge in [-0.25, -0.2) is 8.78 Å². The van der Waals surface area contributed by atoms with Crippen molar-refractivity contribution in [3.05, 3.63) is 76.4 Å². The number of aldehydes is 1. The third-order valence-corrected chi connectivity index (χ3v) is 4.60. The van der Waals surface area contributed by atoms with E-state index >= 15 is 0 Å². The number of aryl methyl sites for hydroxylation is 1. The molecule has 0 bridgehead atoms. The molecule has 2 heterocycles. The summed E-state index contributed by atoms with van der Waals surface area (Å²) in [6.07, 6.45) is 2.25. The van der Waals surface area contributed by atoms with Crippen LogP contribution < -0.4 is 0 Å². The Morgan fingerprint density at radius 3 is 2.54 bits per heavy atom. The topological polar surface area (TPSA) is 60.1 Å². The molecule has 7 heteroatoms. The van der Waals surface area contributed by atoms with Gasteiger partial charge in [0.25, 0.3) is 0 Å². The molecule has 0 radical (unpaired) electrons. The summed E-state index contributed by atoms with van der Waals surface area (Å²) < 4.78 is 30.8. The molecule has 0 fully saturated rings. The summed E-state index contributed by atoms with van der Waals surface area (Å²) in [4.78, 5) is 15.6. The first-order chi connectivity index (χ1) is 12.5. The van der Waals surface area contributed by atoms with Crippen LogP contribution >= 0.6 is 0 Å². The van der Waals surface area contributed by atoms with Gasteiger partial charge in [-0.05, 0) is 44.2 Å². The molecular formula is C19H14F2N4O. The molecular weight excluding hydrogens is 338 g/mol. The van der Waals surface area contributed by atoms with E-state index in [1.54, 1.807) is 36.6 Å². The number of fused-ring (bicyclic) bond motifs is 3. The number of carbonyl (C=O) groups excluding carboxylic acids is 1. The quantitative estimate of drug-likeness (QED) is 0.665. The Morgan fingerprint density at radius 1 is 1.12 bits per heavy atom. The van der Waals surface area contributed by atoms with Crippen LogP contribution in [0.2, 0.25) is 0 Å². The van der Waals surface area contributed by atoms with E-state index in [9.17, 15) is 13.6 Å². The molecule has 0 N–H and O–H groups in total. The second-order valence-corrected chi connectivity index (χ2v) is 6.27. The number of halogens is 2. The Hall–Kier alpha value is -3.22. The summed E-state index contributed by atoms with van der Waals surface area (Å²) >= 11 is 0. The molecule has 1 aromatic heterocycles. The van der Waals surface area contributed by atoms with Crippen molar-refractivity contribution in [3.63, 3.8) is 0 Å². The maximum Gasteiger partial charge on any atom is 0.170 e. The molecule has 26 heavy (non-hydrogen) atoms. The monoisotopic (exact) mass is 352 g/mol. The molecule has 1 aliphatic heterocycles. The highest BCUT2D eigenvalue weighted by atomic mass is 19.1. The van der Waals surface area contributed by atoms with Gasteiger partial charge in [-0.1, -0.05) is 6.07 Å². The predicted molar refractivity (Wildman–Crippen MR) is 91.9 cm³/mol. The van der Waals surface area contributed by atoms with E-state index in [4.69, 9.17) is 0 Å². The lowest BCUT2D eigenvalue weighted by molar-refractivity contribution is 0.112. The normalized spacial score (nSPS) is 18.2. The number of aromatic nitrogens is 3. The van der Waals surface area contributed by atoms with Crippen molar-refractivity contribution >= 4 is 12.5 Å². The zero-order chi connectivity index (χ0) is 18.5. The SMILES string of the molecule is Cc1nnc2n1-c1ccc(C=O)cc1C=NC2(C)c1c(F)cccc1F. The average Bonchev–Trinajstić information content (AvgIpc) is 2.96. The Labute approximate surface area is 148 Å². The third kappa shape index (κ3) is 2.20. The highest BCUT2D eigenvalue weighted by Gasteiger charge is 2.40. The first-order valence-corrected chi connectivity index (χ1v) is 7.97. The molecule has 1 unspecified atom stereocenters. The zero-order valence-corrected chi connectivity index (χ0v) is 14.1. The van der Waals surface area contributed by atoms with Gasteiger partial charge in [0.2, 0.25) is 0 Å². The van der Waals surface area contributed by atoms with E-state index in [-0.39, 0.29) is 5.56 Å². The van der Waals surface area contributed by atoms with Gasteiger partial charge in [0.15, 0.2) is 5.82 Å². The van der Waals surface area contributed by atoms with Crippen LogP contribution in [0.1, 0.15) is 40.1 Å². The number of aliphatic imine (C=N–C) groups is 1. The van der Waals surface area contributed by atoms with Gasteiger partial charge < -0.3 is 0 Å². The Bertz CT molecular complexity index is 1050. The minimum absolute atomic E-state index is 0.201. The van der Waals surface area contributed by atoms with Crippen LogP contribution in [0.15, 0.2) is 41.4 Å². The molecule has 5 nitrogen and oxygen atoms in total. The molecule has 4 rings (SSSR count). The minimum Gasteiger partial charge on any atom is -0.298 e. The minimum atomic E-state index is -1.42. The average molecular weight is 352 g/mol. The van der Waals surface area contributed by atoms with Crippen LogP contribution in [-0.4, -0.2) is 27.3 Å². The van der Waals surface area contributed by atoms with Crippen molar-refractivity contribution in [2.24, 2.45) is 4.99 Å². The summed E-state index contributed by atoms with van der Waals surface area (Å²) in [5, 5.41) is 8.25. The van der Waals surface area contributed by atoms with Crippen molar-refractivity contribution in [1.82, 2.24) is 14.8 Å². The first kappa shape index (κ1) is 16.3. The first-order valence-electron chi connectivity index (χ1n) is 7.97. The third-order valence-electron chi connectivity index (χ3n) is 4.60. The molecule has 0 saturated heterocycles. The fraction of sp³-hybridized carbons (Fsp3) is 0.158. The van der Waals surface area contributed by atoms with Crippen LogP contribution in [0.3, 0.4) is 0 Å². The molecule has 0 amide bonds. The van der Waals surface area contributed by atoms with Crippen molar-refractivity contribution in [2.75, 3.05) is 0 Å². The number of rotatable bonds is 2. The fourth-order valence-corrected chi connectivity index (χ4v) is 3.31. The lowest BCUT2D eigenvalue weighted by atomic mass is 9.90. The molecule has 3 aromatic rings. The Kier molecular flexibility index (Phi) is 3.54. The number of carbonyl (C=O) groups is 1. The van der Waals surface area contributed by atoms with Crippen LogP contribution in [0.4, 0.5) is 8.78 Å². The predicted octanol–water partition coefficient (Wildman–Crippen LogP) is 3.36. The zero-order valence-electron chi connectivity index (χ0n) is 14.1. The number of hydrogen-bond donors (Lipinski definition) is 0. The summed E-state index contributed by atoms with van der Waals surface area (Å²) in [6, 6.07) is 8.76. The summed E-state index contributed by atoms with van der Waals surface area (Å²) in [7, 11) is 0. The van der Waals surface area contributed by atoms with E-state index in [2.05, 4.69) is 15.2 Å². The standard InChI is InChI=1S/C19H14F2N4O/c1-11-23-24-18-19(2,17-14(20)4-3-5-15(17)21)22-9-13-8-12(10-26)6-7-16(13)25(11)18/h3-10H,1-2H3. The molecule has 130 valence electrons. The van der Waals surface area contributed by atoms with Gasteiger partial charge >= 0.3 is 0 Å². The van der Waals surface area contributed by atoms with Gasteiger partial charge in [0.05, 0.1) is 11.3 Å². The molecule has 1 aliphatic rings. The van der Waals surface area contributed by atoms with Gasteiger partial charge in [-0.3, -0.25) is 14.4 Å². The van der Waals surface area contributed by atoms with E-state index in [1.165, 1.54) is 24.4 Å². The van der Waals surface area contributed by atoms with Crippen molar-refractivity contribution in [1.29, 1.82) is 0 Å². The van der Waals surface area contributed by atoms with Crippen LogP contribution in [-0.2, 0) is 5.54 Å². The van der Waals surface area contributed by atoms with Crippen LogP contribution in [0.25, 0.3) is 5.69 Å². The Morgan fingerprint density at radius 2 is 1.85 bits per heavy atom. The molecule has 0 spiro atoms. The molecule has 2 aromatic carbocycles. The summed E-state index contributed by atoms with van der Waals surface area (Å²) in [5.74, 6) is -0.575. The van der Waals surface area contributed by atoms with E-state index in [0.717, 1.165) is 6.29 Å². The van der Waals surface area contributed by atoms with Crippen LogP contribution in [0, 0.1) is 18.6 Å². The second-order valence-electron chi connectivity index (χ2n) is 6.27. The molecule has 0 saturated carbocycles. The van der Waals surface area contributed by atoms with Crippen molar-refractivity contribution in [2.45, 2.75) is 19.4 Å². The van der Waals surface area contributed by atoms with Gasteiger partial charge in [-0.2, -0.15) is 0 Å². The number of benzene rings is 2. The lowest BCUT2D eigenvalue weighted by Crippen LogP contribution is -2.28.